The van der Waals surface area contributed by atoms with E-state index in [9.17, 15) is 0 Å². The Morgan fingerprint density at radius 3 is 2.00 bits per heavy atom. The smallest absolute Gasteiger partial charge is 0.162 e. The molecular weight excluding hydrogens is 226 g/mol. The summed E-state index contributed by atoms with van der Waals surface area (Å²) in [6.45, 7) is 8.06. The molecule has 1 heterocycles. The normalized spacial score (nSPS) is 9.67. The van der Waals surface area contributed by atoms with E-state index in [0.717, 1.165) is 22.3 Å². The van der Waals surface area contributed by atoms with E-state index in [0.29, 0.717) is 5.75 Å². The second-order valence-corrected chi connectivity index (χ2v) is 3.80. The number of aromatic nitrogens is 1. The van der Waals surface area contributed by atoms with Crippen molar-refractivity contribution in [2.24, 2.45) is 0 Å². The van der Waals surface area contributed by atoms with Crippen molar-refractivity contribution in [3.8, 4) is 11.5 Å². The van der Waals surface area contributed by atoms with Crippen molar-refractivity contribution in [2.75, 3.05) is 14.2 Å². The maximum atomic E-state index is 5.28. The van der Waals surface area contributed by atoms with Gasteiger partial charge in [0.1, 0.15) is 0 Å². The molecule has 2 rings (SSSR count). The second-order valence-electron chi connectivity index (χ2n) is 3.80. The molecule has 0 atom stereocenters. The predicted octanol–water partition coefficient (Wildman–Crippen LogP) is 3.90. The van der Waals surface area contributed by atoms with Gasteiger partial charge in [0.25, 0.3) is 0 Å². The van der Waals surface area contributed by atoms with E-state index >= 15 is 0 Å². The third-order valence-corrected chi connectivity index (χ3v) is 2.65. The lowest BCUT2D eigenvalue weighted by Gasteiger charge is -2.10. The molecule has 0 unspecified atom stereocenters. The van der Waals surface area contributed by atoms with E-state index in [4.69, 9.17) is 9.47 Å². The van der Waals surface area contributed by atoms with Crippen LogP contribution in [-0.4, -0.2) is 19.2 Å². The molecule has 18 heavy (non-hydrogen) atoms. The lowest BCUT2D eigenvalue weighted by Crippen LogP contribution is -1.93. The maximum absolute atomic E-state index is 5.28. The Hall–Kier alpha value is -1.77. The van der Waals surface area contributed by atoms with Gasteiger partial charge in [-0.25, -0.2) is 0 Å². The topological polar surface area (TPSA) is 31.4 Å². The third-order valence-electron chi connectivity index (χ3n) is 2.65. The van der Waals surface area contributed by atoms with Gasteiger partial charge in [0, 0.05) is 17.1 Å². The van der Waals surface area contributed by atoms with Crippen molar-refractivity contribution in [3.63, 3.8) is 0 Å². The van der Waals surface area contributed by atoms with Crippen LogP contribution in [0.25, 0.3) is 10.9 Å². The number of methoxy groups -OCH3 is 2. The highest BCUT2D eigenvalue weighted by Gasteiger charge is 2.08. The number of rotatable bonds is 2. The Morgan fingerprint density at radius 1 is 0.889 bits per heavy atom. The standard InChI is InChI=1S/C13H15NO2.C2H6/c1-8-5-9(2)14-11-7-13(16-4)12(15-3)6-10(8)11;1-2/h5-7H,1-4H3;1-2H3. The molecule has 3 nitrogen and oxygen atoms in total. The summed E-state index contributed by atoms with van der Waals surface area (Å²) < 4.78 is 10.5. The molecule has 0 aliphatic rings. The molecule has 0 spiro atoms. The summed E-state index contributed by atoms with van der Waals surface area (Å²) in [6, 6.07) is 5.94. The highest BCUT2D eigenvalue weighted by Crippen LogP contribution is 2.32. The monoisotopic (exact) mass is 247 g/mol. The van der Waals surface area contributed by atoms with Crippen LogP contribution in [0.2, 0.25) is 0 Å². The molecule has 0 saturated heterocycles. The summed E-state index contributed by atoms with van der Waals surface area (Å²) in [4.78, 5) is 4.48. The first-order valence-corrected chi connectivity index (χ1v) is 6.15. The number of aryl methyl sites for hydroxylation is 2. The van der Waals surface area contributed by atoms with Crippen molar-refractivity contribution in [1.82, 2.24) is 4.98 Å². The van der Waals surface area contributed by atoms with Crippen molar-refractivity contribution in [1.29, 1.82) is 0 Å². The Kier molecular flexibility index (Phi) is 4.95. The molecule has 0 amide bonds. The fourth-order valence-corrected chi connectivity index (χ4v) is 1.89. The summed E-state index contributed by atoms with van der Waals surface area (Å²) in [7, 11) is 3.27. The zero-order valence-corrected chi connectivity index (χ0v) is 12.0. The fourth-order valence-electron chi connectivity index (χ4n) is 1.89. The Bertz CT molecular complexity index is 535. The first-order chi connectivity index (χ1) is 8.65. The molecule has 0 radical (unpaired) electrons. The largest absolute Gasteiger partial charge is 0.493 e. The van der Waals surface area contributed by atoms with Gasteiger partial charge in [-0.05, 0) is 31.5 Å². The van der Waals surface area contributed by atoms with E-state index in [1.54, 1.807) is 14.2 Å². The summed E-state index contributed by atoms with van der Waals surface area (Å²) in [5, 5.41) is 1.10. The molecule has 0 aliphatic carbocycles. The molecule has 1 aromatic heterocycles. The van der Waals surface area contributed by atoms with Crippen LogP contribution in [0.15, 0.2) is 18.2 Å². The van der Waals surface area contributed by atoms with Crippen molar-refractivity contribution < 1.29 is 9.47 Å². The number of benzene rings is 1. The van der Waals surface area contributed by atoms with Gasteiger partial charge >= 0.3 is 0 Å². The van der Waals surface area contributed by atoms with Gasteiger partial charge in [0.05, 0.1) is 19.7 Å². The Balaban J connectivity index is 0.000000771. The van der Waals surface area contributed by atoms with Crippen LogP contribution in [0.4, 0.5) is 0 Å². The highest BCUT2D eigenvalue weighted by molar-refractivity contribution is 5.85. The van der Waals surface area contributed by atoms with E-state index in [2.05, 4.69) is 18.0 Å². The number of ether oxygens (including phenoxy) is 2. The Labute approximate surface area is 109 Å². The van der Waals surface area contributed by atoms with Crippen LogP contribution in [-0.2, 0) is 0 Å². The first kappa shape index (κ1) is 14.3. The van der Waals surface area contributed by atoms with Crippen LogP contribution >= 0.6 is 0 Å². The molecule has 0 bridgehead atoms. The van der Waals surface area contributed by atoms with Crippen LogP contribution in [0.3, 0.4) is 0 Å². The summed E-state index contributed by atoms with van der Waals surface area (Å²) >= 11 is 0. The second kappa shape index (κ2) is 6.24. The minimum Gasteiger partial charge on any atom is -0.493 e. The van der Waals surface area contributed by atoms with Crippen molar-refractivity contribution in [2.45, 2.75) is 27.7 Å². The molecule has 3 heteroatoms. The SMILES string of the molecule is CC.COc1cc2nc(C)cc(C)c2cc1OC. The van der Waals surface area contributed by atoms with Crippen LogP contribution in [0.1, 0.15) is 25.1 Å². The molecule has 2 aromatic rings. The van der Waals surface area contributed by atoms with Gasteiger partial charge in [0.2, 0.25) is 0 Å². The lowest BCUT2D eigenvalue weighted by atomic mass is 10.1. The lowest BCUT2D eigenvalue weighted by molar-refractivity contribution is 0.356. The molecule has 1 aromatic carbocycles. The van der Waals surface area contributed by atoms with Crippen LogP contribution in [0, 0.1) is 13.8 Å². The fraction of sp³-hybridized carbons (Fsp3) is 0.400. The van der Waals surface area contributed by atoms with E-state index < -0.39 is 0 Å². The van der Waals surface area contributed by atoms with Gasteiger partial charge in [-0.1, -0.05) is 13.8 Å². The summed E-state index contributed by atoms with van der Waals surface area (Å²) in [5.41, 5.74) is 3.15. The maximum Gasteiger partial charge on any atom is 0.162 e. The average Bonchev–Trinajstić information content (AvgIpc) is 2.39. The predicted molar refractivity (Wildman–Crippen MR) is 75.7 cm³/mol. The van der Waals surface area contributed by atoms with Crippen LogP contribution < -0.4 is 9.47 Å². The molecule has 0 fully saturated rings. The van der Waals surface area contributed by atoms with Crippen molar-refractivity contribution in [3.05, 3.63) is 29.5 Å². The van der Waals surface area contributed by atoms with Gasteiger partial charge in [0.15, 0.2) is 11.5 Å². The molecular formula is C15H21NO2. The highest BCUT2D eigenvalue weighted by atomic mass is 16.5. The zero-order valence-electron chi connectivity index (χ0n) is 12.0. The molecule has 0 saturated carbocycles. The van der Waals surface area contributed by atoms with Gasteiger partial charge in [-0.2, -0.15) is 0 Å². The van der Waals surface area contributed by atoms with Crippen molar-refractivity contribution >= 4 is 10.9 Å². The quantitative estimate of drug-likeness (QED) is 0.806. The van der Waals surface area contributed by atoms with E-state index in [1.165, 1.54) is 5.56 Å². The summed E-state index contributed by atoms with van der Waals surface area (Å²) in [6.07, 6.45) is 0. The summed E-state index contributed by atoms with van der Waals surface area (Å²) in [5.74, 6) is 1.45. The number of hydrogen-bond acceptors (Lipinski definition) is 3. The van der Waals surface area contributed by atoms with E-state index in [-0.39, 0.29) is 0 Å². The van der Waals surface area contributed by atoms with Gasteiger partial charge in [-0.3, -0.25) is 4.98 Å². The molecule has 0 aliphatic heterocycles. The number of nitrogens with zero attached hydrogens (tertiary/aromatic N) is 1. The van der Waals surface area contributed by atoms with Gasteiger partial charge in [-0.15, -0.1) is 0 Å². The number of hydrogen-bond donors (Lipinski definition) is 0. The Morgan fingerprint density at radius 2 is 1.44 bits per heavy atom. The molecule has 98 valence electrons. The molecule has 0 N–H and O–H groups in total. The minimum absolute atomic E-state index is 0.715. The van der Waals surface area contributed by atoms with E-state index in [1.807, 2.05) is 32.9 Å². The minimum atomic E-state index is 0.715. The third kappa shape index (κ3) is 2.73. The van der Waals surface area contributed by atoms with Gasteiger partial charge < -0.3 is 9.47 Å². The van der Waals surface area contributed by atoms with Crippen LogP contribution in [0.5, 0.6) is 11.5 Å². The number of pyridine rings is 1. The zero-order chi connectivity index (χ0) is 13.7. The first-order valence-electron chi connectivity index (χ1n) is 6.15. The average molecular weight is 247 g/mol. The number of fused-ring (bicyclic) bond motifs is 1.